The molecule has 2 atom stereocenters. The van der Waals surface area contributed by atoms with E-state index < -0.39 is 0 Å². The second-order valence-electron chi connectivity index (χ2n) is 9.18. The number of carbonyl (C=O) groups excluding carboxylic acids is 1. The molecule has 5 heteroatoms. The van der Waals surface area contributed by atoms with Crippen LogP contribution in [0.1, 0.15) is 62.5 Å². The van der Waals surface area contributed by atoms with Crippen molar-refractivity contribution >= 4 is 5.78 Å². The van der Waals surface area contributed by atoms with Crippen LogP contribution in [0.4, 0.5) is 0 Å². The second-order valence-corrected chi connectivity index (χ2v) is 9.18. The fraction of sp³-hybridized carbons (Fsp3) is 0.519. The van der Waals surface area contributed by atoms with Crippen molar-refractivity contribution in [3.05, 3.63) is 47.5 Å². The Balaban J connectivity index is 1.49. The quantitative estimate of drug-likeness (QED) is 0.422. The van der Waals surface area contributed by atoms with E-state index in [2.05, 4.69) is 0 Å². The van der Waals surface area contributed by atoms with Crippen LogP contribution in [-0.4, -0.2) is 33.2 Å². The van der Waals surface area contributed by atoms with E-state index in [0.717, 1.165) is 11.1 Å². The topological polar surface area (TPSA) is 54.0 Å². The summed E-state index contributed by atoms with van der Waals surface area (Å²) in [5.74, 6) is 3.75. The van der Waals surface area contributed by atoms with Crippen LogP contribution in [0.25, 0.3) is 0 Å². The van der Waals surface area contributed by atoms with Crippen LogP contribution in [0.3, 0.4) is 0 Å². The number of ether oxygens (including phenoxy) is 4. The molecule has 2 aromatic carbocycles. The van der Waals surface area contributed by atoms with E-state index in [1.807, 2.05) is 50.2 Å². The number of ketones is 1. The summed E-state index contributed by atoms with van der Waals surface area (Å²) in [6.07, 6.45) is 4.90. The molecule has 5 nitrogen and oxygen atoms in total. The van der Waals surface area contributed by atoms with Gasteiger partial charge in [0.05, 0.1) is 27.4 Å². The number of benzene rings is 2. The first-order valence-electron chi connectivity index (χ1n) is 11.6. The molecule has 0 saturated heterocycles. The van der Waals surface area contributed by atoms with Crippen molar-refractivity contribution in [2.75, 3.05) is 27.4 Å². The Labute approximate surface area is 191 Å². The van der Waals surface area contributed by atoms with Gasteiger partial charge in [-0.25, -0.2) is 0 Å². The van der Waals surface area contributed by atoms with E-state index in [1.165, 1.54) is 25.7 Å². The number of hydrogen-bond acceptors (Lipinski definition) is 5. The van der Waals surface area contributed by atoms with Crippen LogP contribution in [0.5, 0.6) is 23.0 Å². The van der Waals surface area contributed by atoms with Crippen molar-refractivity contribution in [1.29, 1.82) is 0 Å². The number of methoxy groups -OCH3 is 2. The van der Waals surface area contributed by atoms with Gasteiger partial charge in [-0.05, 0) is 72.9 Å². The predicted octanol–water partition coefficient (Wildman–Crippen LogP) is 5.76. The summed E-state index contributed by atoms with van der Waals surface area (Å²) >= 11 is 0. The lowest BCUT2D eigenvalue weighted by Crippen LogP contribution is -2.17. The van der Waals surface area contributed by atoms with Gasteiger partial charge < -0.3 is 18.9 Å². The molecular formula is C27H34O5. The lowest BCUT2D eigenvalue weighted by Gasteiger charge is -2.20. The third-order valence-electron chi connectivity index (χ3n) is 6.57. The van der Waals surface area contributed by atoms with Gasteiger partial charge in [-0.2, -0.15) is 0 Å². The highest BCUT2D eigenvalue weighted by Crippen LogP contribution is 2.38. The smallest absolute Gasteiger partial charge is 0.161 e. The van der Waals surface area contributed by atoms with Crippen LogP contribution in [-0.2, 0) is 4.79 Å². The van der Waals surface area contributed by atoms with E-state index in [9.17, 15) is 4.79 Å². The van der Waals surface area contributed by atoms with Crippen molar-refractivity contribution in [3.63, 3.8) is 0 Å². The molecule has 4 rings (SSSR count). The summed E-state index contributed by atoms with van der Waals surface area (Å²) in [5, 5.41) is 0. The van der Waals surface area contributed by atoms with Gasteiger partial charge in [0.2, 0.25) is 0 Å². The summed E-state index contributed by atoms with van der Waals surface area (Å²) in [6, 6.07) is 11.6. The van der Waals surface area contributed by atoms with Crippen LogP contribution >= 0.6 is 0 Å². The molecule has 2 unspecified atom stereocenters. The molecule has 0 bridgehead atoms. The van der Waals surface area contributed by atoms with E-state index in [-0.39, 0.29) is 17.6 Å². The maximum absolute atomic E-state index is 13.4. The molecule has 2 aliphatic carbocycles. The van der Waals surface area contributed by atoms with E-state index >= 15 is 0 Å². The number of rotatable bonds is 12. The SMILES string of the molecule is COc1ccc(C(C)C(=O)C(C)c2ccc(OC)c(OCC3CC3)c2)cc1OCC1CC1. The molecule has 2 aliphatic rings. The zero-order valence-corrected chi connectivity index (χ0v) is 19.6. The minimum absolute atomic E-state index is 0.154. The Hall–Kier alpha value is -2.69. The average molecular weight is 439 g/mol. The largest absolute Gasteiger partial charge is 0.493 e. The van der Waals surface area contributed by atoms with Crippen LogP contribution in [0.2, 0.25) is 0 Å². The maximum atomic E-state index is 13.4. The highest BCUT2D eigenvalue weighted by molar-refractivity contribution is 5.91. The monoisotopic (exact) mass is 438 g/mol. The molecule has 2 aromatic rings. The molecule has 172 valence electrons. The molecule has 0 spiro atoms. The Bertz CT molecular complexity index is 870. The van der Waals surface area contributed by atoms with Crippen molar-refractivity contribution in [3.8, 4) is 23.0 Å². The number of hydrogen-bond donors (Lipinski definition) is 0. The van der Waals surface area contributed by atoms with E-state index in [4.69, 9.17) is 18.9 Å². The highest BCUT2D eigenvalue weighted by atomic mass is 16.5. The molecule has 0 aliphatic heterocycles. The normalized spacial score (nSPS) is 17.4. The molecular weight excluding hydrogens is 404 g/mol. The molecule has 0 amide bonds. The zero-order valence-electron chi connectivity index (χ0n) is 19.6. The summed E-state index contributed by atoms with van der Waals surface area (Å²) < 4.78 is 22.9. The van der Waals surface area contributed by atoms with Crippen LogP contribution in [0, 0.1) is 11.8 Å². The molecule has 2 fully saturated rings. The lowest BCUT2D eigenvalue weighted by atomic mass is 9.85. The van der Waals surface area contributed by atoms with Gasteiger partial charge in [0.25, 0.3) is 0 Å². The third kappa shape index (κ3) is 5.37. The minimum atomic E-state index is -0.267. The summed E-state index contributed by atoms with van der Waals surface area (Å²) in [7, 11) is 3.28. The molecule has 0 N–H and O–H groups in total. The first-order chi connectivity index (χ1) is 15.5. The van der Waals surface area contributed by atoms with Gasteiger partial charge in [0.15, 0.2) is 23.0 Å². The summed E-state index contributed by atoms with van der Waals surface area (Å²) in [4.78, 5) is 13.4. The van der Waals surface area contributed by atoms with E-state index in [0.29, 0.717) is 48.0 Å². The minimum Gasteiger partial charge on any atom is -0.493 e. The van der Waals surface area contributed by atoms with Crippen molar-refractivity contribution in [1.82, 2.24) is 0 Å². The van der Waals surface area contributed by atoms with Crippen LogP contribution < -0.4 is 18.9 Å². The van der Waals surface area contributed by atoms with Gasteiger partial charge in [0.1, 0.15) is 5.78 Å². The van der Waals surface area contributed by atoms with Gasteiger partial charge in [0, 0.05) is 11.8 Å². The highest BCUT2D eigenvalue weighted by Gasteiger charge is 2.27. The first-order valence-corrected chi connectivity index (χ1v) is 11.6. The predicted molar refractivity (Wildman–Crippen MR) is 124 cm³/mol. The van der Waals surface area contributed by atoms with E-state index in [1.54, 1.807) is 14.2 Å². The lowest BCUT2D eigenvalue weighted by molar-refractivity contribution is -0.121. The van der Waals surface area contributed by atoms with Crippen LogP contribution in [0.15, 0.2) is 36.4 Å². The third-order valence-corrected chi connectivity index (χ3v) is 6.57. The average Bonchev–Trinajstić information content (AvgIpc) is 3.74. The van der Waals surface area contributed by atoms with Gasteiger partial charge in [-0.1, -0.05) is 26.0 Å². The first kappa shape index (κ1) is 22.5. The Morgan fingerprint density at radius 1 is 0.750 bits per heavy atom. The fourth-order valence-electron chi connectivity index (χ4n) is 3.84. The van der Waals surface area contributed by atoms with Gasteiger partial charge >= 0.3 is 0 Å². The summed E-state index contributed by atoms with van der Waals surface area (Å²) in [5.41, 5.74) is 1.87. The Morgan fingerprint density at radius 3 is 1.50 bits per heavy atom. The fourth-order valence-corrected chi connectivity index (χ4v) is 3.84. The number of carbonyl (C=O) groups is 1. The van der Waals surface area contributed by atoms with Crippen molar-refractivity contribution in [2.45, 2.75) is 51.4 Å². The molecule has 32 heavy (non-hydrogen) atoms. The molecule has 0 aromatic heterocycles. The molecule has 0 heterocycles. The standard InChI is InChI=1S/C27H34O5/c1-17(21-9-11-23(29-3)25(13-21)31-15-19-5-6-19)27(28)18(2)22-10-12-24(30-4)26(14-22)32-16-20-7-8-20/h9-14,17-20H,5-8,15-16H2,1-4H3. The summed E-state index contributed by atoms with van der Waals surface area (Å²) in [6.45, 7) is 5.32. The number of Topliss-reactive ketones (excluding diaryl/α,β-unsaturated/α-hetero) is 1. The second kappa shape index (κ2) is 9.85. The molecule has 2 saturated carbocycles. The van der Waals surface area contributed by atoms with Gasteiger partial charge in [-0.15, -0.1) is 0 Å². The Morgan fingerprint density at radius 2 is 1.16 bits per heavy atom. The zero-order chi connectivity index (χ0) is 22.7. The Kier molecular flexibility index (Phi) is 6.92. The van der Waals surface area contributed by atoms with Crippen molar-refractivity contribution in [2.24, 2.45) is 11.8 Å². The maximum Gasteiger partial charge on any atom is 0.161 e. The molecule has 0 radical (unpaired) electrons. The van der Waals surface area contributed by atoms with Crippen molar-refractivity contribution < 1.29 is 23.7 Å². The van der Waals surface area contributed by atoms with Gasteiger partial charge in [-0.3, -0.25) is 4.79 Å².